The van der Waals surface area contributed by atoms with Gasteiger partial charge in [-0.25, -0.2) is 18.1 Å². The lowest BCUT2D eigenvalue weighted by Crippen LogP contribution is -2.25. The van der Waals surface area contributed by atoms with Crippen molar-refractivity contribution in [3.05, 3.63) is 35.4 Å². The molecule has 0 amide bonds. The maximum atomic E-state index is 11.7. The smallest absolute Gasteiger partial charge is 0.250 e. The van der Waals surface area contributed by atoms with E-state index < -0.39 is 10.0 Å². The highest BCUT2D eigenvalue weighted by Gasteiger charge is 2.14. The minimum Gasteiger partial charge on any atom is -0.449 e. The summed E-state index contributed by atoms with van der Waals surface area (Å²) in [5.74, 6) is 0.584. The molecule has 2 heterocycles. The Bertz CT molecular complexity index is 572. The zero-order valence-electron chi connectivity index (χ0n) is 9.21. The normalized spacial score (nSPS) is 11.8. The fourth-order valence-electron chi connectivity index (χ4n) is 1.32. The summed E-state index contributed by atoms with van der Waals surface area (Å²) in [6.45, 7) is 2.06. The Kier molecular flexibility index (Phi) is 3.60. The predicted octanol–water partition coefficient (Wildman–Crippen LogP) is 1.57. The Labute approximate surface area is 104 Å². The zero-order chi connectivity index (χ0) is 12.3. The lowest BCUT2D eigenvalue weighted by Gasteiger charge is -2.02. The summed E-state index contributed by atoms with van der Waals surface area (Å²) in [6, 6.07) is 3.29. The van der Waals surface area contributed by atoms with E-state index in [9.17, 15) is 8.42 Å². The molecule has 0 aliphatic heterocycles. The van der Waals surface area contributed by atoms with Crippen LogP contribution in [0.1, 0.15) is 11.6 Å². The molecule has 92 valence electrons. The van der Waals surface area contributed by atoms with Crippen molar-refractivity contribution in [1.82, 2.24) is 9.71 Å². The average molecular weight is 272 g/mol. The molecule has 1 N–H and O–H groups in total. The highest BCUT2D eigenvalue weighted by molar-refractivity contribution is 7.91. The second-order valence-electron chi connectivity index (χ2n) is 3.44. The van der Waals surface area contributed by atoms with Crippen LogP contribution >= 0.6 is 11.3 Å². The number of aromatic nitrogens is 1. The molecule has 17 heavy (non-hydrogen) atoms. The van der Waals surface area contributed by atoms with Crippen LogP contribution in [0.2, 0.25) is 0 Å². The first-order chi connectivity index (χ1) is 8.08. The summed E-state index contributed by atoms with van der Waals surface area (Å²) < 4.78 is 31.4. The largest absolute Gasteiger partial charge is 0.449 e. The molecule has 0 aliphatic carbocycles. The topological polar surface area (TPSA) is 72.2 Å². The fourth-order valence-corrected chi connectivity index (χ4v) is 3.39. The standard InChI is InChI=1S/C10H12N2O3S2/c1-8-12-9(7-15-8)4-5-11-17(13,14)10-3-2-6-16-10/h2-3,6-7,11H,4-5H2,1H3. The average Bonchev–Trinajstić information content (AvgIpc) is 2.89. The van der Waals surface area contributed by atoms with Gasteiger partial charge in [0.25, 0.3) is 0 Å². The predicted molar refractivity (Wildman–Crippen MR) is 64.5 cm³/mol. The summed E-state index contributed by atoms with van der Waals surface area (Å²) in [4.78, 5) is 4.09. The second-order valence-corrected chi connectivity index (χ2v) is 6.38. The fraction of sp³-hybridized carbons (Fsp3) is 0.300. The number of hydrogen-bond donors (Lipinski definition) is 1. The van der Waals surface area contributed by atoms with Crippen LogP contribution < -0.4 is 4.72 Å². The molecule has 2 rings (SSSR count). The Morgan fingerprint density at radius 1 is 1.53 bits per heavy atom. The van der Waals surface area contributed by atoms with Gasteiger partial charge in [0.05, 0.1) is 5.69 Å². The van der Waals surface area contributed by atoms with Crippen molar-refractivity contribution < 1.29 is 12.8 Å². The van der Waals surface area contributed by atoms with Crippen LogP contribution in [-0.4, -0.2) is 19.9 Å². The molecule has 0 radical (unpaired) electrons. The van der Waals surface area contributed by atoms with Gasteiger partial charge < -0.3 is 4.42 Å². The van der Waals surface area contributed by atoms with Crippen molar-refractivity contribution in [3.63, 3.8) is 0 Å². The molecule has 0 saturated heterocycles. The number of sulfonamides is 1. The minimum atomic E-state index is -3.37. The molecule has 0 bridgehead atoms. The first kappa shape index (κ1) is 12.3. The third-order valence-corrected chi connectivity index (χ3v) is 4.96. The van der Waals surface area contributed by atoms with E-state index in [1.54, 1.807) is 24.4 Å². The van der Waals surface area contributed by atoms with Crippen LogP contribution in [0.3, 0.4) is 0 Å². The SMILES string of the molecule is Cc1nc(CCNS(=O)(=O)c2cccs2)co1. The molecule has 2 aromatic heterocycles. The first-order valence-corrected chi connectivity index (χ1v) is 7.38. The summed E-state index contributed by atoms with van der Waals surface area (Å²) >= 11 is 1.20. The number of aryl methyl sites for hydroxylation is 1. The number of hydrogen-bond acceptors (Lipinski definition) is 5. The molecule has 5 nitrogen and oxygen atoms in total. The lowest BCUT2D eigenvalue weighted by atomic mass is 10.3. The van der Waals surface area contributed by atoms with E-state index in [1.165, 1.54) is 17.6 Å². The Hall–Kier alpha value is -1.18. The molecule has 0 aliphatic rings. The first-order valence-electron chi connectivity index (χ1n) is 5.02. The van der Waals surface area contributed by atoms with Gasteiger partial charge in [0.15, 0.2) is 5.89 Å². The molecular formula is C10H12N2O3S2. The molecule has 0 spiro atoms. The molecular weight excluding hydrogens is 260 g/mol. The number of thiophene rings is 1. The van der Waals surface area contributed by atoms with Gasteiger partial charge in [-0.1, -0.05) is 6.07 Å². The quantitative estimate of drug-likeness (QED) is 0.896. The van der Waals surface area contributed by atoms with Gasteiger partial charge in [-0.15, -0.1) is 11.3 Å². The van der Waals surface area contributed by atoms with Gasteiger partial charge in [-0.2, -0.15) is 0 Å². The zero-order valence-corrected chi connectivity index (χ0v) is 10.8. The van der Waals surface area contributed by atoms with E-state index in [1.807, 2.05) is 0 Å². The van der Waals surface area contributed by atoms with Crippen LogP contribution in [0.4, 0.5) is 0 Å². The second kappa shape index (κ2) is 4.99. The maximum Gasteiger partial charge on any atom is 0.250 e. The highest BCUT2D eigenvalue weighted by Crippen LogP contribution is 2.15. The number of nitrogens with zero attached hydrogens (tertiary/aromatic N) is 1. The monoisotopic (exact) mass is 272 g/mol. The number of rotatable bonds is 5. The number of nitrogens with one attached hydrogen (secondary N) is 1. The van der Waals surface area contributed by atoms with Crippen LogP contribution in [0.25, 0.3) is 0 Å². The lowest BCUT2D eigenvalue weighted by molar-refractivity contribution is 0.520. The van der Waals surface area contributed by atoms with Crippen LogP contribution in [-0.2, 0) is 16.4 Å². The van der Waals surface area contributed by atoms with Crippen molar-refractivity contribution in [2.24, 2.45) is 0 Å². The third-order valence-electron chi connectivity index (χ3n) is 2.10. The van der Waals surface area contributed by atoms with Gasteiger partial charge in [-0.05, 0) is 11.4 Å². The Morgan fingerprint density at radius 3 is 2.94 bits per heavy atom. The molecule has 2 aromatic rings. The Morgan fingerprint density at radius 2 is 2.35 bits per heavy atom. The molecule has 0 unspecified atom stereocenters. The molecule has 0 aromatic carbocycles. The van der Waals surface area contributed by atoms with Crippen molar-refractivity contribution >= 4 is 21.4 Å². The van der Waals surface area contributed by atoms with E-state index >= 15 is 0 Å². The van der Waals surface area contributed by atoms with E-state index in [-0.39, 0.29) is 0 Å². The van der Waals surface area contributed by atoms with Crippen molar-refractivity contribution in [3.8, 4) is 0 Å². The molecule has 0 saturated carbocycles. The molecule has 7 heteroatoms. The van der Waals surface area contributed by atoms with Crippen LogP contribution in [0.15, 0.2) is 32.4 Å². The summed E-state index contributed by atoms with van der Waals surface area (Å²) in [5, 5.41) is 1.73. The van der Waals surface area contributed by atoms with E-state index in [0.29, 0.717) is 23.1 Å². The minimum absolute atomic E-state index is 0.312. The Balaban J connectivity index is 1.91. The van der Waals surface area contributed by atoms with Gasteiger partial charge in [-0.3, -0.25) is 0 Å². The van der Waals surface area contributed by atoms with Gasteiger partial charge in [0.1, 0.15) is 10.5 Å². The van der Waals surface area contributed by atoms with Gasteiger partial charge in [0.2, 0.25) is 10.0 Å². The summed E-state index contributed by atoms with van der Waals surface area (Å²) in [6.07, 6.45) is 2.05. The summed E-state index contributed by atoms with van der Waals surface area (Å²) in [5.41, 5.74) is 0.747. The van der Waals surface area contributed by atoms with Crippen molar-refractivity contribution in [2.75, 3.05) is 6.54 Å². The number of oxazole rings is 1. The van der Waals surface area contributed by atoms with Gasteiger partial charge >= 0.3 is 0 Å². The summed E-state index contributed by atoms with van der Waals surface area (Å²) in [7, 11) is -3.37. The molecule has 0 atom stereocenters. The van der Waals surface area contributed by atoms with Gasteiger partial charge in [0, 0.05) is 19.9 Å². The van der Waals surface area contributed by atoms with E-state index in [2.05, 4.69) is 9.71 Å². The third kappa shape index (κ3) is 3.15. The van der Waals surface area contributed by atoms with E-state index in [4.69, 9.17) is 4.42 Å². The van der Waals surface area contributed by atoms with Crippen molar-refractivity contribution in [1.29, 1.82) is 0 Å². The van der Waals surface area contributed by atoms with Crippen molar-refractivity contribution in [2.45, 2.75) is 17.6 Å². The maximum absolute atomic E-state index is 11.7. The van der Waals surface area contributed by atoms with E-state index in [0.717, 1.165) is 5.69 Å². The van der Waals surface area contributed by atoms with Crippen LogP contribution in [0.5, 0.6) is 0 Å². The molecule has 0 fully saturated rings. The van der Waals surface area contributed by atoms with Crippen LogP contribution in [0, 0.1) is 6.92 Å². The highest BCUT2D eigenvalue weighted by atomic mass is 32.2.